The fraction of sp³-hybridized carbons (Fsp3) is 0.615. The van der Waals surface area contributed by atoms with Crippen LogP contribution < -0.4 is 0 Å². The molecule has 0 saturated heterocycles. The SMILES string of the molecule is C=C(C)C(C)=NC(CC)=C(C)C.CC. The molecule has 0 heterocycles. The predicted molar refractivity (Wildman–Crippen MR) is 67.9 cm³/mol. The van der Waals surface area contributed by atoms with Gasteiger partial charge in [0, 0.05) is 11.4 Å². The molecule has 0 atom stereocenters. The molecule has 0 radical (unpaired) electrons. The van der Waals surface area contributed by atoms with Crippen molar-refractivity contribution in [2.75, 3.05) is 0 Å². The molecule has 0 unspecified atom stereocenters. The summed E-state index contributed by atoms with van der Waals surface area (Å²) in [5.41, 5.74) is 4.55. The minimum Gasteiger partial charge on any atom is -0.258 e. The maximum Gasteiger partial charge on any atom is 0.0399 e. The molecule has 1 heteroatoms. The fourth-order valence-electron chi connectivity index (χ4n) is 0.842. The van der Waals surface area contributed by atoms with E-state index in [1.807, 2.05) is 27.7 Å². The Morgan fingerprint density at radius 3 is 1.71 bits per heavy atom. The van der Waals surface area contributed by atoms with Crippen molar-refractivity contribution >= 4 is 5.71 Å². The molecule has 0 rings (SSSR count). The minimum atomic E-state index is 0.993. The second-order valence-corrected chi connectivity index (χ2v) is 3.28. The van der Waals surface area contributed by atoms with Gasteiger partial charge in [0.2, 0.25) is 0 Å². The third kappa shape index (κ3) is 6.64. The number of hydrogen-bond acceptors (Lipinski definition) is 1. The Bertz CT molecular complexity index is 228. The van der Waals surface area contributed by atoms with Crippen molar-refractivity contribution in [2.24, 2.45) is 4.99 Å². The van der Waals surface area contributed by atoms with Gasteiger partial charge in [0.25, 0.3) is 0 Å². The van der Waals surface area contributed by atoms with Crippen molar-refractivity contribution in [3.05, 3.63) is 23.4 Å². The van der Waals surface area contributed by atoms with Crippen molar-refractivity contribution in [2.45, 2.75) is 54.9 Å². The lowest BCUT2D eigenvalue weighted by atomic mass is 10.2. The molecule has 82 valence electrons. The van der Waals surface area contributed by atoms with Crippen LogP contribution in [-0.2, 0) is 0 Å². The monoisotopic (exact) mass is 195 g/mol. The van der Waals surface area contributed by atoms with E-state index in [-0.39, 0.29) is 0 Å². The van der Waals surface area contributed by atoms with Gasteiger partial charge in [-0.05, 0) is 39.7 Å². The molecule has 0 fully saturated rings. The van der Waals surface area contributed by atoms with Gasteiger partial charge in [-0.25, -0.2) is 0 Å². The van der Waals surface area contributed by atoms with Gasteiger partial charge in [0.15, 0.2) is 0 Å². The molecule has 0 amide bonds. The molecular weight excluding hydrogens is 170 g/mol. The Morgan fingerprint density at radius 1 is 1.07 bits per heavy atom. The molecule has 0 aromatic heterocycles. The van der Waals surface area contributed by atoms with E-state index in [4.69, 9.17) is 0 Å². The fourth-order valence-corrected chi connectivity index (χ4v) is 0.842. The first-order valence-corrected chi connectivity index (χ1v) is 5.36. The van der Waals surface area contributed by atoms with Crippen molar-refractivity contribution in [3.8, 4) is 0 Å². The molecule has 0 N–H and O–H groups in total. The summed E-state index contributed by atoms with van der Waals surface area (Å²) in [5, 5.41) is 0. The summed E-state index contributed by atoms with van der Waals surface area (Å²) in [7, 11) is 0. The van der Waals surface area contributed by atoms with Gasteiger partial charge >= 0.3 is 0 Å². The summed E-state index contributed by atoms with van der Waals surface area (Å²) in [6.45, 7) is 18.1. The van der Waals surface area contributed by atoms with E-state index >= 15 is 0 Å². The molecule has 14 heavy (non-hydrogen) atoms. The predicted octanol–water partition coefficient (Wildman–Crippen LogP) is 4.75. The van der Waals surface area contributed by atoms with E-state index in [0.717, 1.165) is 17.7 Å². The topological polar surface area (TPSA) is 12.4 Å². The maximum atomic E-state index is 4.49. The Labute approximate surface area is 89.6 Å². The van der Waals surface area contributed by atoms with Crippen LogP contribution in [0.5, 0.6) is 0 Å². The number of nitrogens with zero attached hydrogens (tertiary/aromatic N) is 1. The van der Waals surface area contributed by atoms with Gasteiger partial charge in [-0.15, -0.1) is 0 Å². The van der Waals surface area contributed by atoms with Crippen molar-refractivity contribution in [1.82, 2.24) is 0 Å². The Balaban J connectivity index is 0. The first-order chi connectivity index (χ1) is 6.49. The van der Waals surface area contributed by atoms with Gasteiger partial charge in [-0.1, -0.05) is 32.9 Å². The van der Waals surface area contributed by atoms with Crippen molar-refractivity contribution < 1.29 is 0 Å². The van der Waals surface area contributed by atoms with Gasteiger partial charge < -0.3 is 0 Å². The van der Waals surface area contributed by atoms with Crippen LogP contribution in [0.4, 0.5) is 0 Å². The van der Waals surface area contributed by atoms with E-state index in [0.29, 0.717) is 0 Å². The first-order valence-electron chi connectivity index (χ1n) is 5.36. The zero-order valence-electron chi connectivity index (χ0n) is 10.9. The molecule has 0 aliphatic heterocycles. The molecule has 1 nitrogen and oxygen atoms in total. The summed E-state index contributed by atoms with van der Waals surface area (Å²) in [5.74, 6) is 0. The minimum absolute atomic E-state index is 0.993. The summed E-state index contributed by atoms with van der Waals surface area (Å²) in [6, 6.07) is 0. The molecule has 0 spiro atoms. The molecule has 0 aromatic rings. The van der Waals surface area contributed by atoms with Crippen LogP contribution in [0, 0.1) is 0 Å². The molecule has 0 aromatic carbocycles. The zero-order chi connectivity index (χ0) is 11.7. The van der Waals surface area contributed by atoms with E-state index < -0.39 is 0 Å². The Kier molecular flexibility index (Phi) is 9.74. The van der Waals surface area contributed by atoms with Gasteiger partial charge in [0.05, 0.1) is 0 Å². The van der Waals surface area contributed by atoms with Crippen LogP contribution in [0.2, 0.25) is 0 Å². The summed E-state index contributed by atoms with van der Waals surface area (Å²) in [4.78, 5) is 4.49. The lowest BCUT2D eigenvalue weighted by Gasteiger charge is -2.03. The normalized spacial score (nSPS) is 10.1. The largest absolute Gasteiger partial charge is 0.258 e. The smallest absolute Gasteiger partial charge is 0.0399 e. The molecule has 0 aliphatic carbocycles. The van der Waals surface area contributed by atoms with Crippen LogP contribution in [0.3, 0.4) is 0 Å². The molecule has 0 aliphatic rings. The average Bonchev–Trinajstić information content (AvgIpc) is 2.16. The summed E-state index contributed by atoms with van der Waals surface area (Å²) < 4.78 is 0. The highest BCUT2D eigenvalue weighted by Crippen LogP contribution is 2.10. The first kappa shape index (κ1) is 15.6. The lowest BCUT2D eigenvalue weighted by molar-refractivity contribution is 1.02. The average molecular weight is 195 g/mol. The second-order valence-electron chi connectivity index (χ2n) is 3.28. The number of rotatable bonds is 3. The highest BCUT2D eigenvalue weighted by Gasteiger charge is 1.96. The second kappa shape index (κ2) is 8.74. The number of hydrogen-bond donors (Lipinski definition) is 0. The highest BCUT2D eigenvalue weighted by atomic mass is 14.8. The standard InChI is InChI=1S/C11H19N.C2H6/c1-7-11(9(4)5)12-10(6)8(2)3;1-2/h2,7H2,1,3-6H3;1-2H3. The van der Waals surface area contributed by atoms with Crippen LogP contribution >= 0.6 is 0 Å². The number of aliphatic imine (C=N–C) groups is 1. The van der Waals surface area contributed by atoms with Crippen LogP contribution in [0.15, 0.2) is 28.4 Å². The number of allylic oxidation sites excluding steroid dienone is 3. The van der Waals surface area contributed by atoms with E-state index in [2.05, 4.69) is 32.3 Å². The van der Waals surface area contributed by atoms with E-state index in [9.17, 15) is 0 Å². The molecular formula is C13H25N. The highest BCUT2D eigenvalue weighted by molar-refractivity contribution is 5.97. The summed E-state index contributed by atoms with van der Waals surface area (Å²) >= 11 is 0. The maximum absolute atomic E-state index is 4.49. The van der Waals surface area contributed by atoms with Crippen LogP contribution in [0.25, 0.3) is 0 Å². The lowest BCUT2D eigenvalue weighted by Crippen LogP contribution is -1.93. The van der Waals surface area contributed by atoms with Gasteiger partial charge in [0.1, 0.15) is 0 Å². The summed E-state index contributed by atoms with van der Waals surface area (Å²) in [6.07, 6.45) is 0.993. The van der Waals surface area contributed by atoms with Crippen molar-refractivity contribution in [3.63, 3.8) is 0 Å². The van der Waals surface area contributed by atoms with Gasteiger partial charge in [-0.3, -0.25) is 4.99 Å². The van der Waals surface area contributed by atoms with E-state index in [1.165, 1.54) is 11.3 Å². The Hall–Kier alpha value is -0.850. The van der Waals surface area contributed by atoms with Crippen molar-refractivity contribution in [1.29, 1.82) is 0 Å². The zero-order valence-corrected chi connectivity index (χ0v) is 10.9. The quantitative estimate of drug-likeness (QED) is 0.576. The van der Waals surface area contributed by atoms with Crippen LogP contribution in [0.1, 0.15) is 54.9 Å². The molecule has 0 saturated carbocycles. The third-order valence-electron chi connectivity index (χ3n) is 1.83. The molecule has 0 bridgehead atoms. The van der Waals surface area contributed by atoms with Gasteiger partial charge in [-0.2, -0.15) is 0 Å². The Morgan fingerprint density at radius 2 is 1.50 bits per heavy atom. The third-order valence-corrected chi connectivity index (χ3v) is 1.83. The van der Waals surface area contributed by atoms with E-state index in [1.54, 1.807) is 0 Å². The van der Waals surface area contributed by atoms with Crippen LogP contribution in [-0.4, -0.2) is 5.71 Å².